The summed E-state index contributed by atoms with van der Waals surface area (Å²) in [6.45, 7) is 1.71. The smallest absolute Gasteiger partial charge is 0.379 e. The topological polar surface area (TPSA) is 67.4 Å². The average molecular weight is 375 g/mol. The zero-order valence-corrected chi connectivity index (χ0v) is 13.9. The Hall–Kier alpha value is -1.25. The lowest BCUT2D eigenvalue weighted by molar-refractivity contribution is -0.150. The van der Waals surface area contributed by atoms with E-state index in [1.165, 1.54) is 18.4 Å². The predicted octanol–water partition coefficient (Wildman–Crippen LogP) is 2.05. The SMILES string of the molecule is COC(=O)C(=O)C1=C(C)NC(=S)N[C@@H]1c1ccc(Br)s1. The van der Waals surface area contributed by atoms with Crippen LogP contribution in [0.15, 0.2) is 27.2 Å². The summed E-state index contributed by atoms with van der Waals surface area (Å²) in [6, 6.07) is 3.30. The van der Waals surface area contributed by atoms with Crippen molar-refractivity contribution in [2.75, 3.05) is 7.11 Å². The van der Waals surface area contributed by atoms with Crippen LogP contribution in [0.2, 0.25) is 0 Å². The number of hydrogen-bond acceptors (Lipinski definition) is 5. The summed E-state index contributed by atoms with van der Waals surface area (Å²) in [4.78, 5) is 24.6. The van der Waals surface area contributed by atoms with E-state index in [0.717, 1.165) is 8.66 Å². The number of ketones is 1. The first-order valence-corrected chi connectivity index (χ1v) is 7.62. The number of ether oxygens (including phenoxy) is 1. The minimum absolute atomic E-state index is 0.319. The third-order valence-electron chi connectivity index (χ3n) is 2.76. The Bertz CT molecular complexity index is 624. The number of carbonyl (C=O) groups is 2. The minimum Gasteiger partial charge on any atom is -0.463 e. The lowest BCUT2D eigenvalue weighted by atomic mass is 9.97. The molecule has 2 N–H and O–H groups in total. The van der Waals surface area contributed by atoms with Crippen LogP contribution in [0.1, 0.15) is 17.8 Å². The van der Waals surface area contributed by atoms with Gasteiger partial charge in [0.15, 0.2) is 5.11 Å². The number of allylic oxidation sites excluding steroid dienone is 1. The van der Waals surface area contributed by atoms with E-state index in [2.05, 4.69) is 31.3 Å². The first-order chi connectivity index (χ1) is 9.43. The molecule has 106 valence electrons. The van der Waals surface area contributed by atoms with Crippen molar-refractivity contribution in [3.63, 3.8) is 0 Å². The first kappa shape index (κ1) is 15.1. The second-order valence-corrected chi connectivity index (χ2v) is 6.94. The van der Waals surface area contributed by atoms with Gasteiger partial charge in [0.05, 0.1) is 22.5 Å². The number of esters is 1. The van der Waals surface area contributed by atoms with Crippen molar-refractivity contribution >= 4 is 56.3 Å². The Morgan fingerprint density at radius 2 is 2.15 bits per heavy atom. The fourth-order valence-corrected chi connectivity index (χ4v) is 3.65. The van der Waals surface area contributed by atoms with E-state index in [-0.39, 0.29) is 0 Å². The van der Waals surface area contributed by atoms with Gasteiger partial charge in [0, 0.05) is 10.6 Å². The Morgan fingerprint density at radius 1 is 1.45 bits per heavy atom. The lowest BCUT2D eigenvalue weighted by Gasteiger charge is -2.28. The van der Waals surface area contributed by atoms with Gasteiger partial charge in [0.2, 0.25) is 0 Å². The number of nitrogens with one attached hydrogen (secondary N) is 2. The normalized spacial score (nSPS) is 18.4. The zero-order chi connectivity index (χ0) is 14.9. The van der Waals surface area contributed by atoms with Crippen LogP contribution in [0, 0.1) is 0 Å². The molecule has 0 aromatic carbocycles. The second-order valence-electron chi connectivity index (χ2n) is 4.03. The Kier molecular flexibility index (Phi) is 4.56. The number of Topliss-reactive ketones (excluding diaryl/α,β-unsaturated/α-hetero) is 1. The maximum absolute atomic E-state index is 12.2. The van der Waals surface area contributed by atoms with Gasteiger partial charge >= 0.3 is 5.97 Å². The summed E-state index contributed by atoms with van der Waals surface area (Å²) in [5.41, 5.74) is 0.874. The van der Waals surface area contributed by atoms with Gasteiger partial charge in [-0.3, -0.25) is 4.79 Å². The molecule has 1 aromatic heterocycles. The molecular formula is C12H11BrN2O3S2. The van der Waals surface area contributed by atoms with E-state index < -0.39 is 17.8 Å². The highest BCUT2D eigenvalue weighted by molar-refractivity contribution is 9.11. The van der Waals surface area contributed by atoms with E-state index in [9.17, 15) is 9.59 Å². The third-order valence-corrected chi connectivity index (χ3v) is 4.67. The van der Waals surface area contributed by atoms with Crippen LogP contribution in [-0.4, -0.2) is 24.0 Å². The molecule has 0 spiro atoms. The molecule has 0 radical (unpaired) electrons. The number of thiophene rings is 1. The predicted molar refractivity (Wildman–Crippen MR) is 83.4 cm³/mol. The van der Waals surface area contributed by atoms with Crippen molar-refractivity contribution in [1.29, 1.82) is 0 Å². The van der Waals surface area contributed by atoms with Crippen molar-refractivity contribution in [2.24, 2.45) is 0 Å². The molecule has 1 aromatic rings. The maximum Gasteiger partial charge on any atom is 0.379 e. The highest BCUT2D eigenvalue weighted by Crippen LogP contribution is 2.34. The number of carbonyl (C=O) groups excluding carboxylic acids is 2. The fourth-order valence-electron chi connectivity index (χ4n) is 1.89. The minimum atomic E-state index is -0.892. The summed E-state index contributed by atoms with van der Waals surface area (Å²) >= 11 is 9.95. The molecule has 2 rings (SSSR count). The Labute approximate surface area is 133 Å². The summed E-state index contributed by atoms with van der Waals surface area (Å²) in [5, 5.41) is 6.28. The fraction of sp³-hybridized carbons (Fsp3) is 0.250. The van der Waals surface area contributed by atoms with Crippen molar-refractivity contribution in [3.8, 4) is 0 Å². The summed E-state index contributed by atoms with van der Waals surface area (Å²) in [5.74, 6) is -1.57. The first-order valence-electron chi connectivity index (χ1n) is 5.60. The number of hydrogen-bond donors (Lipinski definition) is 2. The molecule has 20 heavy (non-hydrogen) atoms. The lowest BCUT2D eigenvalue weighted by Crippen LogP contribution is -2.45. The highest BCUT2D eigenvalue weighted by atomic mass is 79.9. The van der Waals surface area contributed by atoms with Crippen LogP contribution in [-0.2, 0) is 14.3 Å². The van der Waals surface area contributed by atoms with Crippen molar-refractivity contribution in [3.05, 3.63) is 32.1 Å². The second kappa shape index (κ2) is 6.02. The van der Waals surface area contributed by atoms with Gasteiger partial charge < -0.3 is 15.4 Å². The molecule has 8 heteroatoms. The molecule has 5 nitrogen and oxygen atoms in total. The molecule has 1 atom stereocenters. The summed E-state index contributed by atoms with van der Waals surface area (Å²) in [7, 11) is 1.18. The Morgan fingerprint density at radius 3 is 2.70 bits per heavy atom. The average Bonchev–Trinajstić information content (AvgIpc) is 2.82. The molecule has 0 aliphatic carbocycles. The molecule has 0 amide bonds. The van der Waals surface area contributed by atoms with Crippen LogP contribution < -0.4 is 10.6 Å². The standard InChI is InChI=1S/C12H11BrN2O3S2/c1-5-8(10(16)11(17)18-2)9(15-12(19)14-5)6-3-4-7(13)20-6/h3-4,9H,1-2H3,(H2,14,15,19)/t9-/m1/s1. The number of thiocarbonyl (C=S) groups is 1. The van der Waals surface area contributed by atoms with Crippen LogP contribution in [0.4, 0.5) is 0 Å². The van der Waals surface area contributed by atoms with Crippen molar-refractivity contribution in [1.82, 2.24) is 10.6 Å². The summed E-state index contributed by atoms with van der Waals surface area (Å²) in [6.07, 6.45) is 0. The molecule has 0 saturated carbocycles. The van der Waals surface area contributed by atoms with Crippen LogP contribution in [0.25, 0.3) is 0 Å². The van der Waals surface area contributed by atoms with Gasteiger partial charge in [0.1, 0.15) is 0 Å². The zero-order valence-electron chi connectivity index (χ0n) is 10.7. The monoisotopic (exact) mass is 374 g/mol. The molecular weight excluding hydrogens is 364 g/mol. The van der Waals surface area contributed by atoms with E-state index in [4.69, 9.17) is 12.2 Å². The van der Waals surface area contributed by atoms with Crippen molar-refractivity contribution in [2.45, 2.75) is 13.0 Å². The molecule has 0 fully saturated rings. The molecule has 0 unspecified atom stereocenters. The number of methoxy groups -OCH3 is 1. The van der Waals surface area contributed by atoms with Gasteiger partial charge in [0.25, 0.3) is 5.78 Å². The Balaban J connectivity index is 2.47. The van der Waals surface area contributed by atoms with Crippen LogP contribution >= 0.6 is 39.5 Å². The molecule has 0 saturated heterocycles. The van der Waals surface area contributed by atoms with Gasteiger partial charge in [-0.25, -0.2) is 4.79 Å². The molecule has 1 aliphatic rings. The van der Waals surface area contributed by atoms with Crippen LogP contribution in [0.5, 0.6) is 0 Å². The molecule has 1 aliphatic heterocycles. The van der Waals surface area contributed by atoms with Gasteiger partial charge in [-0.15, -0.1) is 11.3 Å². The largest absolute Gasteiger partial charge is 0.463 e. The quantitative estimate of drug-likeness (QED) is 0.479. The molecule has 0 bridgehead atoms. The highest BCUT2D eigenvalue weighted by Gasteiger charge is 2.34. The number of rotatable bonds is 3. The maximum atomic E-state index is 12.2. The van der Waals surface area contributed by atoms with Gasteiger partial charge in [-0.2, -0.15) is 0 Å². The van der Waals surface area contributed by atoms with E-state index in [1.807, 2.05) is 12.1 Å². The third kappa shape index (κ3) is 2.92. The van der Waals surface area contributed by atoms with Gasteiger partial charge in [-0.1, -0.05) is 0 Å². The van der Waals surface area contributed by atoms with Crippen molar-refractivity contribution < 1.29 is 14.3 Å². The number of halogens is 1. The summed E-state index contributed by atoms with van der Waals surface area (Å²) < 4.78 is 5.44. The van der Waals surface area contributed by atoms with Gasteiger partial charge in [-0.05, 0) is 47.2 Å². The van der Waals surface area contributed by atoms with Crippen LogP contribution in [0.3, 0.4) is 0 Å². The van der Waals surface area contributed by atoms with E-state index in [1.54, 1.807) is 6.92 Å². The van der Waals surface area contributed by atoms with E-state index >= 15 is 0 Å². The van der Waals surface area contributed by atoms with E-state index in [0.29, 0.717) is 16.4 Å². The molecule has 2 heterocycles.